The first-order chi connectivity index (χ1) is 12.8. The van der Waals surface area contributed by atoms with Gasteiger partial charge in [0.1, 0.15) is 0 Å². The fourth-order valence-corrected chi connectivity index (χ4v) is 4.13. The molecule has 2 aromatic carbocycles. The highest BCUT2D eigenvalue weighted by Crippen LogP contribution is 2.41. The first-order valence-corrected chi connectivity index (χ1v) is 9.90. The van der Waals surface area contributed by atoms with E-state index in [1.54, 1.807) is 0 Å². The Morgan fingerprint density at radius 2 is 1.67 bits per heavy atom. The molecule has 0 aliphatic carbocycles. The van der Waals surface area contributed by atoms with E-state index in [-0.39, 0.29) is 17.2 Å². The molecule has 0 aromatic heterocycles. The van der Waals surface area contributed by atoms with Gasteiger partial charge < -0.3 is 10.0 Å². The van der Waals surface area contributed by atoms with Gasteiger partial charge in [0.2, 0.25) is 5.91 Å². The lowest BCUT2D eigenvalue weighted by Gasteiger charge is -2.50. The van der Waals surface area contributed by atoms with Gasteiger partial charge in [-0.05, 0) is 23.5 Å². The minimum Gasteiger partial charge on any atom is -0.389 e. The standard InChI is InChI=1S/C24H31NO2/c1-19(21-12-8-5-9-13-21)16-22(26)25-15-14-24(27,23(2,3)18-25)17-20-10-6-4-7-11-20/h4-13,19,27H,14-18H2,1-3H3/t19-,24+/m1/s1. The predicted molar refractivity (Wildman–Crippen MR) is 110 cm³/mol. The molecule has 0 spiro atoms. The molecule has 1 heterocycles. The van der Waals surface area contributed by atoms with Crippen LogP contribution in [0.1, 0.15) is 50.7 Å². The van der Waals surface area contributed by atoms with Crippen LogP contribution < -0.4 is 0 Å². The van der Waals surface area contributed by atoms with Crippen molar-refractivity contribution in [1.82, 2.24) is 4.90 Å². The topological polar surface area (TPSA) is 40.5 Å². The Morgan fingerprint density at radius 1 is 1.07 bits per heavy atom. The number of hydrogen-bond donors (Lipinski definition) is 1. The summed E-state index contributed by atoms with van der Waals surface area (Å²) in [5, 5.41) is 11.4. The highest BCUT2D eigenvalue weighted by molar-refractivity contribution is 5.77. The van der Waals surface area contributed by atoms with Crippen molar-refractivity contribution >= 4 is 5.91 Å². The number of hydrogen-bond acceptors (Lipinski definition) is 2. The summed E-state index contributed by atoms with van der Waals surface area (Å²) in [6, 6.07) is 20.3. The molecule has 3 heteroatoms. The minimum absolute atomic E-state index is 0.182. The van der Waals surface area contributed by atoms with E-state index >= 15 is 0 Å². The summed E-state index contributed by atoms with van der Waals surface area (Å²) in [5.41, 5.74) is 1.19. The third-order valence-corrected chi connectivity index (χ3v) is 6.18. The van der Waals surface area contributed by atoms with Crippen molar-refractivity contribution in [2.24, 2.45) is 5.41 Å². The van der Waals surface area contributed by atoms with Gasteiger partial charge in [0.25, 0.3) is 0 Å². The second kappa shape index (κ2) is 7.85. The predicted octanol–water partition coefficient (Wildman–Crippen LogP) is 4.41. The lowest BCUT2D eigenvalue weighted by molar-refractivity contribution is -0.150. The maximum absolute atomic E-state index is 12.9. The number of aliphatic hydroxyl groups is 1. The van der Waals surface area contributed by atoms with Crippen LogP contribution in [-0.4, -0.2) is 34.6 Å². The van der Waals surface area contributed by atoms with Crippen molar-refractivity contribution in [3.63, 3.8) is 0 Å². The van der Waals surface area contributed by atoms with E-state index in [2.05, 4.69) is 45.0 Å². The van der Waals surface area contributed by atoms with Gasteiger partial charge in [-0.25, -0.2) is 0 Å². The molecule has 1 saturated heterocycles. The number of rotatable bonds is 5. The second-order valence-corrected chi connectivity index (χ2v) is 8.66. The van der Waals surface area contributed by atoms with E-state index in [9.17, 15) is 9.90 Å². The molecule has 3 nitrogen and oxygen atoms in total. The summed E-state index contributed by atoms with van der Waals surface area (Å²) in [4.78, 5) is 14.8. The van der Waals surface area contributed by atoms with Crippen LogP contribution in [0, 0.1) is 5.41 Å². The molecular formula is C24H31NO2. The molecule has 1 aliphatic rings. The van der Waals surface area contributed by atoms with Crippen molar-refractivity contribution in [3.8, 4) is 0 Å². The van der Waals surface area contributed by atoms with E-state index in [0.29, 0.717) is 32.4 Å². The van der Waals surface area contributed by atoms with Gasteiger partial charge in [0, 0.05) is 31.3 Å². The van der Waals surface area contributed by atoms with Crippen molar-refractivity contribution in [3.05, 3.63) is 71.8 Å². The molecular weight excluding hydrogens is 334 g/mol. The van der Waals surface area contributed by atoms with E-state index in [1.807, 2.05) is 41.3 Å². The number of nitrogens with zero attached hydrogens (tertiary/aromatic N) is 1. The molecule has 27 heavy (non-hydrogen) atoms. The van der Waals surface area contributed by atoms with Gasteiger partial charge in [-0.2, -0.15) is 0 Å². The van der Waals surface area contributed by atoms with E-state index in [1.165, 1.54) is 5.56 Å². The largest absolute Gasteiger partial charge is 0.389 e. The normalized spacial score (nSPS) is 23.0. The van der Waals surface area contributed by atoms with Gasteiger partial charge in [-0.1, -0.05) is 81.4 Å². The highest BCUT2D eigenvalue weighted by Gasteiger charge is 2.48. The van der Waals surface area contributed by atoms with Crippen LogP contribution in [0.3, 0.4) is 0 Å². The Morgan fingerprint density at radius 3 is 2.26 bits per heavy atom. The Balaban J connectivity index is 1.65. The molecule has 1 amide bonds. The molecule has 144 valence electrons. The molecule has 0 saturated carbocycles. The molecule has 2 atom stereocenters. The maximum atomic E-state index is 12.9. The molecule has 1 N–H and O–H groups in total. The molecule has 1 fully saturated rings. The third-order valence-electron chi connectivity index (χ3n) is 6.18. The number of likely N-dealkylation sites (tertiary alicyclic amines) is 1. The van der Waals surface area contributed by atoms with Crippen LogP contribution >= 0.6 is 0 Å². The monoisotopic (exact) mass is 365 g/mol. The summed E-state index contributed by atoms with van der Waals surface area (Å²) in [5.74, 6) is 0.383. The summed E-state index contributed by atoms with van der Waals surface area (Å²) in [6.45, 7) is 7.48. The molecule has 3 rings (SSSR count). The van der Waals surface area contributed by atoms with Crippen LogP contribution in [0.15, 0.2) is 60.7 Å². The van der Waals surface area contributed by atoms with Gasteiger partial charge in [-0.3, -0.25) is 4.79 Å². The quantitative estimate of drug-likeness (QED) is 0.852. The summed E-state index contributed by atoms with van der Waals surface area (Å²) in [6.07, 6.45) is 1.75. The summed E-state index contributed by atoms with van der Waals surface area (Å²) >= 11 is 0. The first-order valence-electron chi connectivity index (χ1n) is 9.90. The van der Waals surface area contributed by atoms with E-state index in [4.69, 9.17) is 0 Å². The van der Waals surface area contributed by atoms with Crippen LogP contribution in [0.5, 0.6) is 0 Å². The summed E-state index contributed by atoms with van der Waals surface area (Å²) in [7, 11) is 0. The van der Waals surface area contributed by atoms with Crippen LogP contribution in [-0.2, 0) is 11.2 Å². The van der Waals surface area contributed by atoms with Crippen LogP contribution in [0.25, 0.3) is 0 Å². The number of amides is 1. The van der Waals surface area contributed by atoms with Crippen molar-refractivity contribution in [1.29, 1.82) is 0 Å². The Bertz CT molecular complexity index is 756. The van der Waals surface area contributed by atoms with Gasteiger partial charge in [-0.15, -0.1) is 0 Å². The van der Waals surface area contributed by atoms with Crippen LogP contribution in [0.2, 0.25) is 0 Å². The number of benzene rings is 2. The lowest BCUT2D eigenvalue weighted by Crippen LogP contribution is -2.59. The molecule has 1 aliphatic heterocycles. The minimum atomic E-state index is -0.795. The van der Waals surface area contributed by atoms with Crippen molar-refractivity contribution < 1.29 is 9.90 Å². The van der Waals surface area contributed by atoms with Gasteiger partial charge in [0.15, 0.2) is 0 Å². The highest BCUT2D eigenvalue weighted by atomic mass is 16.3. The average Bonchev–Trinajstić information content (AvgIpc) is 2.65. The first kappa shape index (κ1) is 19.6. The Kier molecular flexibility index (Phi) is 5.71. The Hall–Kier alpha value is -2.13. The summed E-state index contributed by atoms with van der Waals surface area (Å²) < 4.78 is 0. The SMILES string of the molecule is C[C@H](CC(=O)N1CC[C@](O)(Cc2ccccc2)C(C)(C)C1)c1ccccc1. The van der Waals surface area contributed by atoms with E-state index < -0.39 is 5.60 Å². The van der Waals surface area contributed by atoms with Crippen LogP contribution in [0.4, 0.5) is 0 Å². The molecule has 0 bridgehead atoms. The Labute approximate surface area is 163 Å². The molecule has 2 aromatic rings. The fourth-order valence-electron chi connectivity index (χ4n) is 4.13. The average molecular weight is 366 g/mol. The van der Waals surface area contributed by atoms with Crippen molar-refractivity contribution in [2.45, 2.75) is 51.6 Å². The number of piperidine rings is 1. The van der Waals surface area contributed by atoms with E-state index in [0.717, 1.165) is 5.56 Å². The molecule has 0 unspecified atom stereocenters. The fraction of sp³-hybridized carbons (Fsp3) is 0.458. The zero-order valence-corrected chi connectivity index (χ0v) is 16.7. The third kappa shape index (κ3) is 4.41. The van der Waals surface area contributed by atoms with Crippen molar-refractivity contribution in [2.75, 3.05) is 13.1 Å². The second-order valence-electron chi connectivity index (χ2n) is 8.66. The zero-order valence-electron chi connectivity index (χ0n) is 16.7. The molecule has 0 radical (unpaired) electrons. The smallest absolute Gasteiger partial charge is 0.223 e. The zero-order chi connectivity index (χ0) is 19.5. The maximum Gasteiger partial charge on any atom is 0.223 e. The number of carbonyl (C=O) groups excluding carboxylic acids is 1. The lowest BCUT2D eigenvalue weighted by atomic mass is 9.67. The van der Waals surface area contributed by atoms with Gasteiger partial charge >= 0.3 is 0 Å². The number of carbonyl (C=O) groups is 1. The van der Waals surface area contributed by atoms with Gasteiger partial charge in [0.05, 0.1) is 5.60 Å².